The molecule has 1 saturated carbocycles. The van der Waals surface area contributed by atoms with E-state index in [0.717, 1.165) is 42.4 Å². The molecule has 5 rings (SSSR count). The molecule has 3 heterocycles. The molecule has 2 aliphatic rings. The number of fused-ring (bicyclic) bond motifs is 1. The lowest BCUT2D eigenvalue weighted by atomic mass is 10.1. The maximum Gasteiger partial charge on any atom is 0.410 e. The number of carbonyl (C=O) groups excluding carboxylic acids is 2. The summed E-state index contributed by atoms with van der Waals surface area (Å²) in [6.07, 6.45) is 7.11. The first-order valence-electron chi connectivity index (χ1n) is 12.3. The average molecular weight is 477 g/mol. The van der Waals surface area contributed by atoms with Gasteiger partial charge in [-0.3, -0.25) is 4.79 Å². The summed E-state index contributed by atoms with van der Waals surface area (Å²) in [5.41, 5.74) is 1.18. The predicted octanol–water partition coefficient (Wildman–Crippen LogP) is 4.70. The molecular formula is C27H32N4O4. The van der Waals surface area contributed by atoms with Crippen molar-refractivity contribution in [1.29, 1.82) is 0 Å². The highest BCUT2D eigenvalue weighted by atomic mass is 16.6. The van der Waals surface area contributed by atoms with Gasteiger partial charge in [0.05, 0.1) is 11.7 Å². The quantitative estimate of drug-likeness (QED) is 0.577. The fraction of sp³-hybridized carbons (Fsp3) is 0.444. The zero-order valence-corrected chi connectivity index (χ0v) is 20.5. The zero-order chi connectivity index (χ0) is 24.6. The van der Waals surface area contributed by atoms with Gasteiger partial charge in [0, 0.05) is 49.1 Å². The second kappa shape index (κ2) is 9.24. The fourth-order valence-corrected chi connectivity index (χ4v) is 4.24. The molecule has 8 heteroatoms. The van der Waals surface area contributed by atoms with Crippen molar-refractivity contribution >= 4 is 22.9 Å². The largest absolute Gasteiger partial charge is 0.489 e. The van der Waals surface area contributed by atoms with E-state index in [9.17, 15) is 9.59 Å². The Labute approximate surface area is 205 Å². The van der Waals surface area contributed by atoms with Crippen molar-refractivity contribution in [3.8, 4) is 11.6 Å². The van der Waals surface area contributed by atoms with Gasteiger partial charge in [-0.25, -0.2) is 9.78 Å². The van der Waals surface area contributed by atoms with Gasteiger partial charge in [0.15, 0.2) is 0 Å². The lowest BCUT2D eigenvalue weighted by molar-refractivity contribution is 0.0126. The number of pyridine rings is 1. The van der Waals surface area contributed by atoms with E-state index < -0.39 is 5.60 Å². The SMILES string of the molecule is CC(C)(C)OC(=O)N1CCC(Oc2ccc(-n3ccc4cc(C(=O)NC5CC5)ccc43)nc2)CC1. The van der Waals surface area contributed by atoms with Gasteiger partial charge < -0.3 is 24.3 Å². The Bertz CT molecular complexity index is 1220. The third kappa shape index (κ3) is 5.58. The van der Waals surface area contributed by atoms with E-state index in [-0.39, 0.29) is 18.1 Å². The van der Waals surface area contributed by atoms with Gasteiger partial charge in [-0.2, -0.15) is 0 Å². The van der Waals surface area contributed by atoms with Gasteiger partial charge in [0.25, 0.3) is 5.91 Å². The number of nitrogens with one attached hydrogen (secondary N) is 1. The van der Waals surface area contributed by atoms with Crippen LogP contribution in [0.4, 0.5) is 4.79 Å². The number of carbonyl (C=O) groups is 2. The fourth-order valence-electron chi connectivity index (χ4n) is 4.24. The zero-order valence-electron chi connectivity index (χ0n) is 20.5. The van der Waals surface area contributed by atoms with Crippen LogP contribution in [-0.2, 0) is 4.74 Å². The van der Waals surface area contributed by atoms with Gasteiger partial charge in [0.2, 0.25) is 0 Å². The number of amides is 2. The number of hydrogen-bond acceptors (Lipinski definition) is 5. The predicted molar refractivity (Wildman–Crippen MR) is 133 cm³/mol. The molecule has 2 aromatic heterocycles. The van der Waals surface area contributed by atoms with Crippen LogP contribution in [0.25, 0.3) is 16.7 Å². The molecule has 184 valence electrons. The molecule has 0 atom stereocenters. The highest BCUT2D eigenvalue weighted by Crippen LogP contribution is 2.25. The van der Waals surface area contributed by atoms with E-state index in [4.69, 9.17) is 9.47 Å². The van der Waals surface area contributed by atoms with E-state index in [0.29, 0.717) is 30.4 Å². The van der Waals surface area contributed by atoms with Crippen LogP contribution in [0, 0.1) is 0 Å². The minimum atomic E-state index is -0.490. The number of piperidine rings is 1. The summed E-state index contributed by atoms with van der Waals surface area (Å²) < 4.78 is 13.6. The van der Waals surface area contributed by atoms with Crippen molar-refractivity contribution in [2.24, 2.45) is 0 Å². The molecule has 1 aliphatic carbocycles. The summed E-state index contributed by atoms with van der Waals surface area (Å²) in [6.45, 7) is 6.85. The Morgan fingerprint density at radius 3 is 2.46 bits per heavy atom. The van der Waals surface area contributed by atoms with E-state index in [1.807, 2.05) is 67.9 Å². The molecule has 0 spiro atoms. The Hall–Kier alpha value is -3.55. The van der Waals surface area contributed by atoms with E-state index >= 15 is 0 Å². The molecule has 3 aromatic rings. The maximum absolute atomic E-state index is 12.4. The number of nitrogens with zero attached hydrogens (tertiary/aromatic N) is 3. The van der Waals surface area contributed by atoms with Crippen LogP contribution in [0.1, 0.15) is 56.8 Å². The minimum absolute atomic E-state index is 0.0151. The molecule has 2 fully saturated rings. The van der Waals surface area contributed by atoms with Crippen molar-refractivity contribution in [3.05, 3.63) is 54.4 Å². The van der Waals surface area contributed by atoms with Crippen LogP contribution >= 0.6 is 0 Å². The van der Waals surface area contributed by atoms with Crippen LogP contribution in [0.3, 0.4) is 0 Å². The number of aromatic nitrogens is 2. The first kappa shape index (κ1) is 23.2. The second-order valence-electron chi connectivity index (χ2n) is 10.3. The van der Waals surface area contributed by atoms with Gasteiger partial charge in [0.1, 0.15) is 23.3 Å². The van der Waals surface area contributed by atoms with Crippen molar-refractivity contribution in [2.75, 3.05) is 13.1 Å². The van der Waals surface area contributed by atoms with Crippen LogP contribution in [0.5, 0.6) is 5.75 Å². The normalized spacial score (nSPS) is 16.8. The summed E-state index contributed by atoms with van der Waals surface area (Å²) in [7, 11) is 0. The molecule has 0 unspecified atom stereocenters. The second-order valence-corrected chi connectivity index (χ2v) is 10.3. The Kier molecular flexibility index (Phi) is 6.13. The summed E-state index contributed by atoms with van der Waals surface area (Å²) in [4.78, 5) is 30.9. The highest BCUT2D eigenvalue weighted by molar-refractivity contribution is 5.98. The summed E-state index contributed by atoms with van der Waals surface area (Å²) in [5, 5.41) is 4.03. The number of likely N-dealkylation sites (tertiary alicyclic amines) is 1. The Morgan fingerprint density at radius 1 is 1.03 bits per heavy atom. The first-order valence-corrected chi connectivity index (χ1v) is 12.3. The van der Waals surface area contributed by atoms with Gasteiger partial charge in [-0.1, -0.05) is 0 Å². The lowest BCUT2D eigenvalue weighted by Gasteiger charge is -2.33. The van der Waals surface area contributed by atoms with Crippen LogP contribution in [0.15, 0.2) is 48.8 Å². The third-order valence-corrected chi connectivity index (χ3v) is 6.23. The molecule has 1 aromatic carbocycles. The smallest absolute Gasteiger partial charge is 0.410 e. The Morgan fingerprint density at radius 2 is 1.80 bits per heavy atom. The van der Waals surface area contributed by atoms with Crippen molar-refractivity contribution in [3.63, 3.8) is 0 Å². The topological polar surface area (TPSA) is 85.7 Å². The number of ether oxygens (including phenoxy) is 2. The van der Waals surface area contributed by atoms with Crippen LogP contribution in [-0.4, -0.2) is 57.3 Å². The molecule has 8 nitrogen and oxygen atoms in total. The number of hydrogen-bond donors (Lipinski definition) is 1. The molecule has 0 radical (unpaired) electrons. The molecule has 1 aliphatic heterocycles. The standard InChI is InChI=1S/C27H32N4O4/c1-27(2,3)35-26(33)30-13-11-21(12-14-30)34-22-7-9-24(28-17-22)31-15-10-18-16-19(4-8-23(18)31)25(32)29-20-5-6-20/h4,7-10,15-17,20-21H,5-6,11-14H2,1-3H3,(H,29,32). The molecule has 0 bridgehead atoms. The molecular weight excluding hydrogens is 444 g/mol. The van der Waals surface area contributed by atoms with E-state index in [2.05, 4.69) is 10.3 Å². The van der Waals surface area contributed by atoms with Crippen molar-refractivity contribution in [1.82, 2.24) is 19.8 Å². The summed E-state index contributed by atoms with van der Waals surface area (Å²) >= 11 is 0. The lowest BCUT2D eigenvalue weighted by Crippen LogP contribution is -2.44. The summed E-state index contributed by atoms with van der Waals surface area (Å²) in [5.74, 6) is 1.47. The van der Waals surface area contributed by atoms with Gasteiger partial charge in [-0.05, 0) is 70.0 Å². The maximum atomic E-state index is 12.4. The van der Waals surface area contributed by atoms with Crippen LogP contribution < -0.4 is 10.1 Å². The average Bonchev–Trinajstić information content (AvgIpc) is 3.54. The molecule has 1 saturated heterocycles. The van der Waals surface area contributed by atoms with E-state index in [1.54, 1.807) is 11.1 Å². The highest BCUT2D eigenvalue weighted by Gasteiger charge is 2.28. The molecule has 1 N–H and O–H groups in total. The van der Waals surface area contributed by atoms with Gasteiger partial charge in [-0.15, -0.1) is 0 Å². The van der Waals surface area contributed by atoms with Crippen molar-refractivity contribution < 1.29 is 19.1 Å². The number of rotatable bonds is 5. The summed E-state index contributed by atoms with van der Waals surface area (Å²) in [6, 6.07) is 11.9. The third-order valence-electron chi connectivity index (χ3n) is 6.23. The molecule has 2 amide bonds. The van der Waals surface area contributed by atoms with Crippen molar-refractivity contribution in [2.45, 2.75) is 64.2 Å². The van der Waals surface area contributed by atoms with Gasteiger partial charge >= 0.3 is 6.09 Å². The monoisotopic (exact) mass is 476 g/mol. The van der Waals surface area contributed by atoms with Crippen LogP contribution in [0.2, 0.25) is 0 Å². The van der Waals surface area contributed by atoms with E-state index in [1.165, 1.54) is 0 Å². The number of benzene rings is 1. The first-order chi connectivity index (χ1) is 16.7. The minimum Gasteiger partial charge on any atom is -0.489 e. The Balaban J connectivity index is 1.19. The molecule has 35 heavy (non-hydrogen) atoms.